The normalized spacial score (nSPS) is 14.2. The van der Waals surface area contributed by atoms with Gasteiger partial charge in [-0.25, -0.2) is 0 Å². The Kier molecular flexibility index (Phi) is 3.70. The SMILES string of the molecule is C1=CC=C(COc2cccc3ccccc23)SC=C1. The highest BCUT2D eigenvalue weighted by molar-refractivity contribution is 8.05. The van der Waals surface area contributed by atoms with E-state index in [9.17, 15) is 0 Å². The third kappa shape index (κ3) is 2.91. The summed E-state index contributed by atoms with van der Waals surface area (Å²) < 4.78 is 5.96. The second-order valence-electron chi connectivity index (χ2n) is 4.23. The zero-order valence-corrected chi connectivity index (χ0v) is 11.3. The molecule has 0 bridgehead atoms. The molecule has 1 aliphatic heterocycles. The topological polar surface area (TPSA) is 9.23 Å². The first-order chi connectivity index (χ1) is 9.43. The largest absolute Gasteiger partial charge is 0.488 e. The van der Waals surface area contributed by atoms with Gasteiger partial charge in [-0.2, -0.15) is 0 Å². The van der Waals surface area contributed by atoms with Gasteiger partial charge in [0.1, 0.15) is 12.4 Å². The zero-order valence-electron chi connectivity index (χ0n) is 10.5. The first kappa shape index (κ1) is 12.1. The Bertz CT molecular complexity index is 663. The quantitative estimate of drug-likeness (QED) is 0.780. The Balaban J connectivity index is 1.80. The van der Waals surface area contributed by atoms with Crippen LogP contribution in [0.25, 0.3) is 10.8 Å². The van der Waals surface area contributed by atoms with Gasteiger partial charge >= 0.3 is 0 Å². The number of rotatable bonds is 3. The lowest BCUT2D eigenvalue weighted by Crippen LogP contribution is -1.98. The molecule has 1 nitrogen and oxygen atoms in total. The molecule has 0 aromatic heterocycles. The molecule has 0 saturated carbocycles. The van der Waals surface area contributed by atoms with Gasteiger partial charge in [0.15, 0.2) is 0 Å². The van der Waals surface area contributed by atoms with Crippen LogP contribution < -0.4 is 4.74 Å². The number of hydrogen-bond donors (Lipinski definition) is 0. The number of ether oxygens (including phenoxy) is 1. The predicted molar refractivity (Wildman–Crippen MR) is 83.4 cm³/mol. The Hall–Kier alpha value is -1.93. The zero-order chi connectivity index (χ0) is 12.9. The van der Waals surface area contributed by atoms with Crippen LogP contribution >= 0.6 is 11.8 Å². The third-order valence-electron chi connectivity index (χ3n) is 2.92. The van der Waals surface area contributed by atoms with E-state index in [4.69, 9.17) is 4.74 Å². The molecule has 0 N–H and O–H groups in total. The minimum Gasteiger partial charge on any atom is -0.488 e. The number of fused-ring (bicyclic) bond motifs is 1. The van der Waals surface area contributed by atoms with Crippen LogP contribution in [-0.4, -0.2) is 6.61 Å². The smallest absolute Gasteiger partial charge is 0.127 e. The molecule has 1 aliphatic rings. The van der Waals surface area contributed by atoms with E-state index in [1.54, 1.807) is 11.8 Å². The lowest BCUT2D eigenvalue weighted by Gasteiger charge is -2.10. The third-order valence-corrected chi connectivity index (χ3v) is 3.77. The molecule has 0 radical (unpaired) electrons. The Morgan fingerprint density at radius 1 is 0.895 bits per heavy atom. The highest BCUT2D eigenvalue weighted by Gasteiger charge is 2.03. The van der Waals surface area contributed by atoms with Crippen molar-refractivity contribution in [1.29, 1.82) is 0 Å². The van der Waals surface area contributed by atoms with E-state index in [0.717, 1.165) is 11.1 Å². The number of hydrogen-bond acceptors (Lipinski definition) is 2. The Labute approximate surface area is 117 Å². The molecular formula is C17H14OS. The van der Waals surface area contributed by atoms with Crippen molar-refractivity contribution >= 4 is 22.5 Å². The molecular weight excluding hydrogens is 252 g/mol. The molecule has 3 rings (SSSR count). The Morgan fingerprint density at radius 2 is 1.79 bits per heavy atom. The molecule has 0 fully saturated rings. The van der Waals surface area contributed by atoms with Gasteiger partial charge < -0.3 is 4.74 Å². The predicted octanol–water partition coefficient (Wildman–Crippen LogP) is 4.92. The summed E-state index contributed by atoms with van der Waals surface area (Å²) in [6, 6.07) is 14.5. The van der Waals surface area contributed by atoms with Crippen molar-refractivity contribution in [3.63, 3.8) is 0 Å². The summed E-state index contributed by atoms with van der Waals surface area (Å²) in [6.45, 7) is 0.605. The van der Waals surface area contributed by atoms with Crippen LogP contribution in [0.5, 0.6) is 5.75 Å². The lowest BCUT2D eigenvalue weighted by molar-refractivity contribution is 0.364. The van der Waals surface area contributed by atoms with E-state index < -0.39 is 0 Å². The highest BCUT2D eigenvalue weighted by Crippen LogP contribution is 2.27. The van der Waals surface area contributed by atoms with E-state index >= 15 is 0 Å². The average molecular weight is 266 g/mol. The first-order valence-electron chi connectivity index (χ1n) is 6.23. The fourth-order valence-electron chi connectivity index (χ4n) is 1.99. The number of benzene rings is 2. The monoisotopic (exact) mass is 266 g/mol. The minimum absolute atomic E-state index is 0.605. The van der Waals surface area contributed by atoms with Gasteiger partial charge in [-0.15, -0.1) is 0 Å². The molecule has 94 valence electrons. The van der Waals surface area contributed by atoms with Crippen LogP contribution in [0.15, 0.2) is 77.1 Å². The van der Waals surface area contributed by atoms with E-state index in [0.29, 0.717) is 6.61 Å². The van der Waals surface area contributed by atoms with Gasteiger partial charge in [0.05, 0.1) is 0 Å². The molecule has 2 aromatic rings. The summed E-state index contributed by atoms with van der Waals surface area (Å²) in [5.74, 6) is 0.941. The lowest BCUT2D eigenvalue weighted by atomic mass is 10.1. The minimum atomic E-state index is 0.605. The summed E-state index contributed by atoms with van der Waals surface area (Å²) in [7, 11) is 0. The van der Waals surface area contributed by atoms with Gasteiger partial charge in [0, 0.05) is 10.3 Å². The van der Waals surface area contributed by atoms with Crippen molar-refractivity contribution in [1.82, 2.24) is 0 Å². The molecule has 0 atom stereocenters. The second kappa shape index (κ2) is 5.81. The molecule has 0 saturated heterocycles. The van der Waals surface area contributed by atoms with Crippen molar-refractivity contribution < 1.29 is 4.74 Å². The highest BCUT2D eigenvalue weighted by atomic mass is 32.2. The maximum absolute atomic E-state index is 5.96. The molecule has 2 heteroatoms. The molecule has 0 amide bonds. The van der Waals surface area contributed by atoms with E-state index in [1.165, 1.54) is 10.3 Å². The molecule has 0 spiro atoms. The van der Waals surface area contributed by atoms with Crippen LogP contribution in [0, 0.1) is 0 Å². The fourth-order valence-corrected chi connectivity index (χ4v) is 2.62. The van der Waals surface area contributed by atoms with Crippen LogP contribution in [-0.2, 0) is 0 Å². The van der Waals surface area contributed by atoms with Gasteiger partial charge in [0.2, 0.25) is 0 Å². The van der Waals surface area contributed by atoms with Gasteiger partial charge in [-0.05, 0) is 22.9 Å². The number of thioether (sulfide) groups is 1. The van der Waals surface area contributed by atoms with Crippen molar-refractivity contribution in [3.05, 3.63) is 77.1 Å². The van der Waals surface area contributed by atoms with E-state index in [2.05, 4.69) is 29.7 Å². The van der Waals surface area contributed by atoms with Gasteiger partial charge in [0.25, 0.3) is 0 Å². The van der Waals surface area contributed by atoms with Crippen molar-refractivity contribution in [2.24, 2.45) is 0 Å². The van der Waals surface area contributed by atoms with Crippen LogP contribution in [0.2, 0.25) is 0 Å². The van der Waals surface area contributed by atoms with E-state index in [-0.39, 0.29) is 0 Å². The number of allylic oxidation sites excluding steroid dienone is 4. The molecule has 2 aromatic carbocycles. The average Bonchev–Trinajstić information content (AvgIpc) is 2.74. The first-order valence-corrected chi connectivity index (χ1v) is 7.11. The maximum atomic E-state index is 5.96. The molecule has 0 aliphatic carbocycles. The van der Waals surface area contributed by atoms with Crippen LogP contribution in [0.4, 0.5) is 0 Å². The summed E-state index contributed by atoms with van der Waals surface area (Å²) in [5.41, 5.74) is 0. The van der Waals surface area contributed by atoms with Gasteiger partial charge in [-0.1, -0.05) is 66.4 Å². The van der Waals surface area contributed by atoms with Crippen molar-refractivity contribution in [2.75, 3.05) is 6.61 Å². The summed E-state index contributed by atoms with van der Waals surface area (Å²) >= 11 is 1.70. The summed E-state index contributed by atoms with van der Waals surface area (Å²) in [6.07, 6.45) is 8.19. The molecule has 0 unspecified atom stereocenters. The van der Waals surface area contributed by atoms with Crippen LogP contribution in [0.3, 0.4) is 0 Å². The summed E-state index contributed by atoms with van der Waals surface area (Å²) in [4.78, 5) is 1.21. The standard InChI is InChI=1S/C17H14OS/c1-2-9-15(19-12-5-1)13-18-17-11-6-8-14-7-3-4-10-16(14)17/h1-12H,13H2. The Morgan fingerprint density at radius 3 is 2.79 bits per heavy atom. The maximum Gasteiger partial charge on any atom is 0.127 e. The second-order valence-corrected chi connectivity index (χ2v) is 5.26. The molecule has 19 heavy (non-hydrogen) atoms. The molecule has 1 heterocycles. The van der Waals surface area contributed by atoms with Crippen molar-refractivity contribution in [3.8, 4) is 5.75 Å². The van der Waals surface area contributed by atoms with E-state index in [1.807, 2.05) is 42.5 Å². The van der Waals surface area contributed by atoms with Gasteiger partial charge in [-0.3, -0.25) is 0 Å². The van der Waals surface area contributed by atoms with Crippen molar-refractivity contribution in [2.45, 2.75) is 0 Å². The fraction of sp³-hybridized carbons (Fsp3) is 0.0588. The summed E-state index contributed by atoms with van der Waals surface area (Å²) in [5, 5.41) is 4.44. The van der Waals surface area contributed by atoms with Crippen LogP contribution in [0.1, 0.15) is 0 Å².